The Labute approximate surface area is 235 Å². The third kappa shape index (κ3) is 6.96. The first-order valence-electron chi connectivity index (χ1n) is 12.9. The number of ketones is 1. The molecule has 4 rings (SSSR count). The average Bonchev–Trinajstić information content (AvgIpc) is 3.52. The Bertz CT molecular complexity index is 1510. The van der Waals surface area contributed by atoms with Crippen LogP contribution >= 0.6 is 22.7 Å². The van der Waals surface area contributed by atoms with Crippen molar-refractivity contribution in [1.29, 1.82) is 0 Å². The van der Waals surface area contributed by atoms with E-state index < -0.39 is 11.9 Å². The largest absolute Gasteiger partial charge is 0.496 e. The molecule has 0 saturated heterocycles. The number of methoxy groups -OCH3 is 2. The van der Waals surface area contributed by atoms with Gasteiger partial charge in [0.1, 0.15) is 11.5 Å². The number of thiophene rings is 2. The van der Waals surface area contributed by atoms with Gasteiger partial charge in [0.2, 0.25) is 0 Å². The maximum Gasteiger partial charge on any atom is 0.306 e. The summed E-state index contributed by atoms with van der Waals surface area (Å²) in [5.74, 6) is -0.647. The van der Waals surface area contributed by atoms with Gasteiger partial charge in [0.05, 0.1) is 31.4 Å². The number of hydrogen-bond donors (Lipinski definition) is 2. The maximum atomic E-state index is 12.4. The second kappa shape index (κ2) is 12.6. The summed E-state index contributed by atoms with van der Waals surface area (Å²) in [7, 11) is 3.32. The molecule has 0 aliphatic heterocycles. The zero-order valence-corrected chi connectivity index (χ0v) is 23.9. The summed E-state index contributed by atoms with van der Waals surface area (Å²) in [5.41, 5.74) is 2.17. The number of fused-ring (bicyclic) bond motifs is 2. The Balaban J connectivity index is 1.47. The molecule has 2 heterocycles. The summed E-state index contributed by atoms with van der Waals surface area (Å²) >= 11 is 3.05. The Morgan fingerprint density at radius 1 is 0.795 bits per heavy atom. The first-order valence-corrected chi connectivity index (χ1v) is 14.5. The van der Waals surface area contributed by atoms with Crippen LogP contribution in [0.3, 0.4) is 0 Å². The van der Waals surface area contributed by atoms with Gasteiger partial charge in [0.25, 0.3) is 0 Å². The van der Waals surface area contributed by atoms with Crippen molar-refractivity contribution in [1.82, 2.24) is 0 Å². The van der Waals surface area contributed by atoms with Crippen molar-refractivity contribution in [3.8, 4) is 11.5 Å². The highest BCUT2D eigenvalue weighted by Crippen LogP contribution is 2.36. The highest BCUT2D eigenvalue weighted by Gasteiger charge is 2.16. The fraction of sp³-hybridized carbons (Fsp3) is 0.367. The molecule has 206 valence electrons. The Kier molecular flexibility index (Phi) is 9.24. The number of aryl methyl sites for hydroxylation is 3. The van der Waals surface area contributed by atoms with E-state index in [9.17, 15) is 14.4 Å². The molecular formula is C30H32O7S2. The number of carbonyl (C=O) groups is 3. The third-order valence-electron chi connectivity index (χ3n) is 6.87. The van der Waals surface area contributed by atoms with Crippen molar-refractivity contribution >= 4 is 60.6 Å². The average molecular weight is 569 g/mol. The van der Waals surface area contributed by atoms with Gasteiger partial charge in [0.15, 0.2) is 5.78 Å². The van der Waals surface area contributed by atoms with E-state index in [1.807, 2.05) is 12.1 Å². The minimum Gasteiger partial charge on any atom is -0.496 e. The zero-order valence-electron chi connectivity index (χ0n) is 22.2. The molecule has 0 radical (unpaired) electrons. The van der Waals surface area contributed by atoms with Crippen LogP contribution in [-0.4, -0.2) is 42.2 Å². The molecule has 0 saturated carbocycles. The molecule has 4 aromatic rings. The van der Waals surface area contributed by atoms with Crippen molar-refractivity contribution in [2.45, 2.75) is 51.9 Å². The lowest BCUT2D eigenvalue weighted by Gasteiger charge is -2.11. The van der Waals surface area contributed by atoms with Crippen LogP contribution < -0.4 is 9.47 Å². The molecule has 2 aromatic heterocycles. The van der Waals surface area contributed by atoms with E-state index in [1.54, 1.807) is 32.5 Å². The number of Topliss-reactive ketones (excluding diaryl/α,β-unsaturated/α-hetero) is 1. The van der Waals surface area contributed by atoms with Crippen LogP contribution in [0.5, 0.6) is 11.5 Å². The molecule has 0 aliphatic rings. The van der Waals surface area contributed by atoms with Crippen LogP contribution in [0.4, 0.5) is 0 Å². The smallest absolute Gasteiger partial charge is 0.306 e. The summed E-state index contributed by atoms with van der Waals surface area (Å²) in [6.45, 7) is 1.74. The number of aliphatic carboxylic acids is 2. The minimum absolute atomic E-state index is 0.00853. The first kappa shape index (κ1) is 28.6. The molecule has 0 aliphatic carbocycles. The monoisotopic (exact) mass is 568 g/mol. The van der Waals surface area contributed by atoms with Crippen LogP contribution in [0, 0.1) is 5.92 Å². The van der Waals surface area contributed by atoms with Crippen molar-refractivity contribution in [3.63, 3.8) is 0 Å². The molecule has 0 bridgehead atoms. The number of carbonyl (C=O) groups excluding carboxylic acids is 1. The highest BCUT2D eigenvalue weighted by atomic mass is 32.1. The van der Waals surface area contributed by atoms with Crippen LogP contribution in [0.25, 0.3) is 20.2 Å². The van der Waals surface area contributed by atoms with E-state index in [2.05, 4.69) is 24.3 Å². The molecule has 2 N–H and O–H groups in total. The second-order valence-electron chi connectivity index (χ2n) is 9.68. The molecule has 0 spiro atoms. The second-order valence-corrected chi connectivity index (χ2v) is 11.9. The fourth-order valence-corrected chi connectivity index (χ4v) is 6.74. The van der Waals surface area contributed by atoms with E-state index in [0.717, 1.165) is 68.5 Å². The molecule has 9 heteroatoms. The maximum absolute atomic E-state index is 12.4. The minimum atomic E-state index is -0.978. The summed E-state index contributed by atoms with van der Waals surface area (Å²) in [4.78, 5) is 36.1. The lowest BCUT2D eigenvalue weighted by atomic mass is 10.0. The van der Waals surface area contributed by atoms with Crippen LogP contribution in [0.1, 0.15) is 58.3 Å². The van der Waals surface area contributed by atoms with Gasteiger partial charge in [-0.25, -0.2) is 0 Å². The topological polar surface area (TPSA) is 110 Å². The number of carboxylic acids is 2. The summed E-state index contributed by atoms with van der Waals surface area (Å²) in [5, 5.41) is 20.1. The molecular weight excluding hydrogens is 536 g/mol. The number of rotatable bonds is 14. The van der Waals surface area contributed by atoms with E-state index >= 15 is 0 Å². The van der Waals surface area contributed by atoms with Gasteiger partial charge in [-0.2, -0.15) is 0 Å². The van der Waals surface area contributed by atoms with Gasteiger partial charge in [0, 0.05) is 20.7 Å². The fourth-order valence-electron chi connectivity index (χ4n) is 4.61. The van der Waals surface area contributed by atoms with Gasteiger partial charge >= 0.3 is 11.9 Å². The summed E-state index contributed by atoms with van der Waals surface area (Å²) < 4.78 is 13.4. The number of ether oxygens (including phenoxy) is 2. The van der Waals surface area contributed by atoms with Crippen LogP contribution in [0.15, 0.2) is 36.4 Å². The van der Waals surface area contributed by atoms with Crippen LogP contribution in [0.2, 0.25) is 0 Å². The number of carboxylic acid groups (broad SMARTS) is 2. The SMILES string of the molecule is COc1cc2sc(CC[C@H](C)C(=O)O)cc2cc1CCCc1cc2cc(C(=O)CCC(=O)O)sc2cc1OC. The first-order chi connectivity index (χ1) is 18.7. The third-order valence-corrected chi connectivity index (χ3v) is 9.16. The highest BCUT2D eigenvalue weighted by molar-refractivity contribution is 7.20. The summed E-state index contributed by atoms with van der Waals surface area (Å²) in [6.07, 6.45) is 3.62. The Morgan fingerprint density at radius 2 is 1.38 bits per heavy atom. The Morgan fingerprint density at radius 3 is 1.95 bits per heavy atom. The molecule has 0 fully saturated rings. The van der Waals surface area contributed by atoms with Gasteiger partial charge in [-0.1, -0.05) is 6.92 Å². The molecule has 39 heavy (non-hydrogen) atoms. The predicted octanol–water partition coefficient (Wildman–Crippen LogP) is 7.01. The molecule has 0 unspecified atom stereocenters. The van der Waals surface area contributed by atoms with Crippen molar-refractivity contribution in [3.05, 3.63) is 57.3 Å². The normalized spacial score (nSPS) is 12.1. The van der Waals surface area contributed by atoms with Gasteiger partial charge in [-0.05, 0) is 90.4 Å². The van der Waals surface area contributed by atoms with Gasteiger partial charge in [-0.15, -0.1) is 22.7 Å². The molecule has 2 aromatic carbocycles. The van der Waals surface area contributed by atoms with Gasteiger partial charge in [-0.3, -0.25) is 14.4 Å². The molecule has 7 nitrogen and oxygen atoms in total. The Hall–Kier alpha value is -3.43. The van der Waals surface area contributed by atoms with Gasteiger partial charge < -0.3 is 19.7 Å². The predicted molar refractivity (Wildman–Crippen MR) is 155 cm³/mol. The van der Waals surface area contributed by atoms with Crippen LogP contribution in [-0.2, 0) is 28.9 Å². The van der Waals surface area contributed by atoms with E-state index in [1.165, 1.54) is 16.2 Å². The number of hydrogen-bond acceptors (Lipinski definition) is 7. The zero-order chi connectivity index (χ0) is 28.1. The quantitative estimate of drug-likeness (QED) is 0.157. The molecule has 1 atom stereocenters. The van der Waals surface area contributed by atoms with E-state index in [0.29, 0.717) is 11.3 Å². The lowest BCUT2D eigenvalue weighted by molar-refractivity contribution is -0.141. The van der Waals surface area contributed by atoms with Crippen molar-refractivity contribution in [2.24, 2.45) is 5.92 Å². The van der Waals surface area contributed by atoms with Crippen molar-refractivity contribution in [2.75, 3.05) is 14.2 Å². The van der Waals surface area contributed by atoms with E-state index in [-0.39, 0.29) is 24.5 Å². The van der Waals surface area contributed by atoms with Crippen molar-refractivity contribution < 1.29 is 34.1 Å². The summed E-state index contributed by atoms with van der Waals surface area (Å²) in [6, 6.07) is 12.2. The lowest BCUT2D eigenvalue weighted by Crippen LogP contribution is -2.09. The van der Waals surface area contributed by atoms with E-state index in [4.69, 9.17) is 19.7 Å². The molecule has 0 amide bonds. The standard InChI is InChI=1S/C30H32O7S2/c1-17(30(34)35)7-8-22-13-20-11-18(24(36-2)15-26(20)38-22)5-4-6-19-12-21-14-28(23(31)9-10-29(32)33)39-27(21)16-25(19)37-3/h11-17H,4-10H2,1-3H3,(H,32,33)(H,34,35)/t17-/m0/s1. The number of benzene rings is 2.